The van der Waals surface area contributed by atoms with Crippen LogP contribution in [0, 0.1) is 0 Å². The van der Waals surface area contributed by atoms with Crippen molar-refractivity contribution in [2.75, 3.05) is 0 Å². The van der Waals surface area contributed by atoms with E-state index in [0.29, 0.717) is 11.4 Å². The number of nitrogens with zero attached hydrogens (tertiary/aromatic N) is 1. The van der Waals surface area contributed by atoms with Crippen molar-refractivity contribution in [2.24, 2.45) is 0 Å². The molecule has 0 aliphatic rings. The van der Waals surface area contributed by atoms with Gasteiger partial charge in [0.05, 0.1) is 0 Å². The van der Waals surface area contributed by atoms with E-state index in [1.165, 1.54) is 5.41 Å². The van der Waals surface area contributed by atoms with Crippen LogP contribution in [0.1, 0.15) is 46.6 Å². The highest BCUT2D eigenvalue weighted by Crippen LogP contribution is 2.43. The Bertz CT molecular complexity index is 1570. The number of rotatable bonds is 12. The lowest BCUT2D eigenvalue weighted by Gasteiger charge is -2.34. The van der Waals surface area contributed by atoms with Crippen molar-refractivity contribution in [1.29, 1.82) is 0 Å². The van der Waals surface area contributed by atoms with Crippen molar-refractivity contribution in [3.8, 4) is 0 Å². The molecule has 2 N–H and O–H groups in total. The SMILES string of the molecule is O=S(=O)(/C=C/CCCc1cnc(C(c2ccccc2)(c2ccccc2)c2ccccc2)[nH]1)NCc1ccc(Cl)cc1. The molecule has 0 fully saturated rings. The molecule has 0 bridgehead atoms. The molecule has 5 aromatic rings. The van der Waals surface area contributed by atoms with Gasteiger partial charge in [0.15, 0.2) is 0 Å². The maximum absolute atomic E-state index is 12.4. The third-order valence-corrected chi connectivity index (χ3v) is 8.44. The summed E-state index contributed by atoms with van der Waals surface area (Å²) in [6.45, 7) is 0.215. The maximum Gasteiger partial charge on any atom is 0.233 e. The first kappa shape index (κ1) is 28.6. The number of hydrogen-bond donors (Lipinski definition) is 2. The molecule has 7 heteroatoms. The van der Waals surface area contributed by atoms with Crippen LogP contribution in [0.5, 0.6) is 0 Å². The first-order valence-corrected chi connectivity index (χ1v) is 15.5. The van der Waals surface area contributed by atoms with Gasteiger partial charge in [0.2, 0.25) is 10.0 Å². The molecule has 5 nitrogen and oxygen atoms in total. The van der Waals surface area contributed by atoms with E-state index >= 15 is 0 Å². The highest BCUT2D eigenvalue weighted by Gasteiger charge is 2.40. The number of benzene rings is 4. The lowest BCUT2D eigenvalue weighted by molar-refractivity contribution is 0.590. The summed E-state index contributed by atoms with van der Waals surface area (Å²) in [7, 11) is -3.53. The molecular formula is C34H32ClN3O2S. The van der Waals surface area contributed by atoms with Crippen LogP contribution >= 0.6 is 11.6 Å². The topological polar surface area (TPSA) is 74.8 Å². The van der Waals surface area contributed by atoms with Crippen LogP contribution < -0.4 is 4.72 Å². The minimum Gasteiger partial charge on any atom is -0.345 e. The number of unbranched alkanes of at least 4 members (excludes halogenated alkanes) is 1. The molecule has 0 spiro atoms. The smallest absolute Gasteiger partial charge is 0.233 e. The van der Waals surface area contributed by atoms with Crippen molar-refractivity contribution in [3.63, 3.8) is 0 Å². The number of aromatic amines is 1. The summed E-state index contributed by atoms with van der Waals surface area (Å²) < 4.78 is 27.4. The number of imidazole rings is 1. The van der Waals surface area contributed by atoms with E-state index in [9.17, 15) is 8.42 Å². The van der Waals surface area contributed by atoms with Crippen LogP contribution in [-0.2, 0) is 28.4 Å². The zero-order valence-electron chi connectivity index (χ0n) is 22.6. The van der Waals surface area contributed by atoms with Gasteiger partial charge in [-0.05, 0) is 53.6 Å². The fourth-order valence-electron chi connectivity index (χ4n) is 5.09. The Morgan fingerprint density at radius 1 is 0.780 bits per heavy atom. The predicted molar refractivity (Wildman–Crippen MR) is 166 cm³/mol. The van der Waals surface area contributed by atoms with Gasteiger partial charge in [-0.3, -0.25) is 0 Å². The van der Waals surface area contributed by atoms with E-state index in [4.69, 9.17) is 16.6 Å². The molecule has 4 aromatic carbocycles. The predicted octanol–water partition coefficient (Wildman–Crippen LogP) is 7.40. The van der Waals surface area contributed by atoms with Crippen molar-refractivity contribution < 1.29 is 8.42 Å². The third-order valence-electron chi connectivity index (χ3n) is 7.09. The second kappa shape index (κ2) is 13.1. The zero-order chi connectivity index (χ0) is 28.5. The Labute approximate surface area is 247 Å². The van der Waals surface area contributed by atoms with Crippen LogP contribution in [0.2, 0.25) is 5.02 Å². The summed E-state index contributed by atoms with van der Waals surface area (Å²) in [5.74, 6) is 0.848. The molecule has 5 rings (SSSR count). The lowest BCUT2D eigenvalue weighted by atomic mass is 9.69. The number of aromatic nitrogens is 2. The van der Waals surface area contributed by atoms with E-state index in [-0.39, 0.29) is 6.54 Å². The molecular weight excluding hydrogens is 550 g/mol. The maximum atomic E-state index is 12.4. The Morgan fingerprint density at radius 2 is 1.32 bits per heavy atom. The number of hydrogen-bond acceptors (Lipinski definition) is 3. The summed E-state index contributed by atoms with van der Waals surface area (Å²) in [4.78, 5) is 8.55. The largest absolute Gasteiger partial charge is 0.345 e. The zero-order valence-corrected chi connectivity index (χ0v) is 24.2. The second-order valence-corrected chi connectivity index (χ2v) is 11.9. The summed E-state index contributed by atoms with van der Waals surface area (Å²) in [6.07, 6.45) is 5.73. The number of nitrogens with one attached hydrogen (secondary N) is 2. The van der Waals surface area contributed by atoms with Gasteiger partial charge < -0.3 is 4.98 Å². The van der Waals surface area contributed by atoms with E-state index in [1.807, 2.05) is 24.4 Å². The molecule has 0 saturated heterocycles. The van der Waals surface area contributed by atoms with Crippen LogP contribution in [0.3, 0.4) is 0 Å². The fourth-order valence-corrected chi connectivity index (χ4v) is 6.07. The van der Waals surface area contributed by atoms with Crippen molar-refractivity contribution in [1.82, 2.24) is 14.7 Å². The Kier molecular flexibility index (Phi) is 9.14. The molecule has 0 amide bonds. The fraction of sp³-hybridized carbons (Fsp3) is 0.147. The normalized spacial score (nSPS) is 12.1. The molecule has 0 atom stereocenters. The van der Waals surface area contributed by atoms with Crippen molar-refractivity contribution in [3.05, 3.63) is 172 Å². The van der Waals surface area contributed by atoms with Gasteiger partial charge in [-0.15, -0.1) is 0 Å². The van der Waals surface area contributed by atoms with E-state index in [2.05, 4.69) is 82.5 Å². The number of H-pyrrole nitrogens is 1. The van der Waals surface area contributed by atoms with Crippen LogP contribution in [0.25, 0.3) is 0 Å². The third kappa shape index (κ3) is 6.85. The van der Waals surface area contributed by atoms with Gasteiger partial charge in [-0.2, -0.15) is 0 Å². The lowest BCUT2D eigenvalue weighted by Crippen LogP contribution is -2.32. The molecule has 0 unspecified atom stereocenters. The van der Waals surface area contributed by atoms with Crippen LogP contribution in [-0.4, -0.2) is 18.4 Å². The van der Waals surface area contributed by atoms with Gasteiger partial charge in [0.25, 0.3) is 0 Å². The Morgan fingerprint density at radius 3 is 1.85 bits per heavy atom. The van der Waals surface area contributed by atoms with Gasteiger partial charge in [0.1, 0.15) is 11.2 Å². The second-order valence-electron chi connectivity index (χ2n) is 9.86. The highest BCUT2D eigenvalue weighted by molar-refractivity contribution is 7.92. The first-order valence-electron chi connectivity index (χ1n) is 13.6. The van der Waals surface area contributed by atoms with Gasteiger partial charge >= 0.3 is 0 Å². The molecule has 1 heterocycles. The summed E-state index contributed by atoms with van der Waals surface area (Å²) in [6, 6.07) is 38.4. The van der Waals surface area contributed by atoms with E-state index < -0.39 is 15.4 Å². The van der Waals surface area contributed by atoms with Crippen LogP contribution in [0.15, 0.2) is 133 Å². The number of allylic oxidation sites excluding steroid dienone is 1. The standard InChI is InChI=1S/C34H32ClN3O2S/c35-31-22-20-27(21-23-31)25-37-41(39,40)24-12-4-11-19-32-26-36-33(38-32)34(28-13-5-1-6-14-28,29-15-7-2-8-16-29)30-17-9-3-10-18-30/h1-3,5-10,12-18,20-24,26,37H,4,11,19,25H2,(H,36,38)/b24-12+. The molecule has 0 aliphatic carbocycles. The number of halogens is 1. The summed E-state index contributed by atoms with van der Waals surface area (Å²) >= 11 is 5.90. The molecule has 208 valence electrons. The Hall–Kier alpha value is -3.97. The molecule has 41 heavy (non-hydrogen) atoms. The number of sulfonamides is 1. The molecule has 1 aromatic heterocycles. The molecule has 0 aliphatic heterocycles. The van der Waals surface area contributed by atoms with Crippen molar-refractivity contribution in [2.45, 2.75) is 31.2 Å². The van der Waals surface area contributed by atoms with Crippen LogP contribution in [0.4, 0.5) is 0 Å². The highest BCUT2D eigenvalue weighted by atomic mass is 35.5. The Balaban J connectivity index is 1.31. The summed E-state index contributed by atoms with van der Waals surface area (Å²) in [5, 5.41) is 1.86. The monoisotopic (exact) mass is 581 g/mol. The first-order chi connectivity index (χ1) is 20.0. The average Bonchev–Trinajstić information content (AvgIpc) is 3.48. The number of aryl methyl sites for hydroxylation is 1. The summed E-state index contributed by atoms with van der Waals surface area (Å²) in [5.41, 5.74) is 4.60. The van der Waals surface area contributed by atoms with E-state index in [1.54, 1.807) is 30.3 Å². The average molecular weight is 582 g/mol. The van der Waals surface area contributed by atoms with Gasteiger partial charge in [-0.25, -0.2) is 18.1 Å². The minimum absolute atomic E-state index is 0.215. The van der Waals surface area contributed by atoms with Crippen molar-refractivity contribution >= 4 is 21.6 Å². The quantitative estimate of drug-likeness (QED) is 0.119. The van der Waals surface area contributed by atoms with Gasteiger partial charge in [-0.1, -0.05) is 121 Å². The molecule has 0 radical (unpaired) electrons. The molecule has 0 saturated carbocycles. The minimum atomic E-state index is -3.53. The van der Waals surface area contributed by atoms with E-state index in [0.717, 1.165) is 46.6 Å². The van der Waals surface area contributed by atoms with Gasteiger partial charge in [0, 0.05) is 28.9 Å².